The van der Waals surface area contributed by atoms with Crippen LogP contribution < -0.4 is 0 Å². The second kappa shape index (κ2) is 8.76. The molecule has 4 rings (SSSR count). The number of nitrogens with zero attached hydrogens (tertiary/aromatic N) is 3. The molecular formula is C22H22Cl2N4O2. The van der Waals surface area contributed by atoms with Crippen LogP contribution >= 0.6 is 23.2 Å². The summed E-state index contributed by atoms with van der Waals surface area (Å²) in [5.41, 5.74) is 2.63. The molecule has 2 aromatic heterocycles. The third-order valence-electron chi connectivity index (χ3n) is 5.41. The third kappa shape index (κ3) is 4.51. The number of H-pyrrole nitrogens is 1. The Morgan fingerprint density at radius 3 is 2.63 bits per heavy atom. The van der Waals surface area contributed by atoms with Crippen LogP contribution in [-0.2, 0) is 11.2 Å². The summed E-state index contributed by atoms with van der Waals surface area (Å²) in [6.07, 6.45) is 2.67. The number of ketones is 1. The van der Waals surface area contributed by atoms with Gasteiger partial charge in [-0.25, -0.2) is 4.98 Å². The molecule has 0 saturated carbocycles. The van der Waals surface area contributed by atoms with E-state index in [9.17, 15) is 9.59 Å². The zero-order valence-electron chi connectivity index (χ0n) is 16.6. The molecule has 8 heteroatoms. The van der Waals surface area contributed by atoms with Crippen LogP contribution in [0.5, 0.6) is 0 Å². The average Bonchev–Trinajstić information content (AvgIpc) is 3.09. The van der Waals surface area contributed by atoms with Gasteiger partial charge in [0, 0.05) is 48.3 Å². The Bertz CT molecular complexity index is 1080. The number of amides is 1. The van der Waals surface area contributed by atoms with Crippen molar-refractivity contribution in [1.82, 2.24) is 19.8 Å². The SMILES string of the molecule is CC(=O)CN1CCN(C(=O)c2cc(Cl)nc(Cl)c2)[C@H](Cc2c[nH]c3ccccc23)C1. The Morgan fingerprint density at radius 2 is 1.90 bits per heavy atom. The molecule has 1 aliphatic heterocycles. The largest absolute Gasteiger partial charge is 0.361 e. The van der Waals surface area contributed by atoms with Gasteiger partial charge in [0.2, 0.25) is 0 Å². The lowest BCUT2D eigenvalue weighted by Crippen LogP contribution is -2.56. The van der Waals surface area contributed by atoms with Gasteiger partial charge >= 0.3 is 0 Å². The Hall–Kier alpha value is -2.41. The minimum absolute atomic E-state index is 0.0875. The van der Waals surface area contributed by atoms with Gasteiger partial charge in [-0.2, -0.15) is 0 Å². The van der Waals surface area contributed by atoms with Crippen LogP contribution in [0.2, 0.25) is 10.3 Å². The fourth-order valence-electron chi connectivity index (χ4n) is 4.13. The van der Waals surface area contributed by atoms with Crippen LogP contribution in [0.1, 0.15) is 22.8 Å². The first-order valence-electron chi connectivity index (χ1n) is 9.81. The molecule has 1 N–H and O–H groups in total. The lowest BCUT2D eigenvalue weighted by Gasteiger charge is -2.41. The first kappa shape index (κ1) is 20.8. The zero-order chi connectivity index (χ0) is 21.3. The molecule has 1 atom stereocenters. The van der Waals surface area contributed by atoms with Crippen LogP contribution in [0, 0.1) is 0 Å². The molecule has 156 valence electrons. The monoisotopic (exact) mass is 444 g/mol. The summed E-state index contributed by atoms with van der Waals surface area (Å²) in [6, 6.07) is 11.1. The molecule has 1 amide bonds. The number of fused-ring (bicyclic) bond motifs is 1. The van der Waals surface area contributed by atoms with Crippen molar-refractivity contribution in [3.05, 3.63) is 64.0 Å². The molecule has 0 bridgehead atoms. The van der Waals surface area contributed by atoms with Crippen LogP contribution in [0.4, 0.5) is 0 Å². The highest BCUT2D eigenvalue weighted by atomic mass is 35.5. The molecule has 1 saturated heterocycles. The summed E-state index contributed by atoms with van der Waals surface area (Å²) >= 11 is 12.0. The van der Waals surface area contributed by atoms with Crippen molar-refractivity contribution in [2.45, 2.75) is 19.4 Å². The van der Waals surface area contributed by atoms with E-state index in [2.05, 4.69) is 20.9 Å². The lowest BCUT2D eigenvalue weighted by molar-refractivity contribution is -0.118. The molecule has 1 fully saturated rings. The number of piperazine rings is 1. The predicted octanol–water partition coefficient (Wildman–Crippen LogP) is 3.83. The van der Waals surface area contributed by atoms with Crippen molar-refractivity contribution in [3.63, 3.8) is 0 Å². The number of benzene rings is 1. The van der Waals surface area contributed by atoms with Crippen molar-refractivity contribution < 1.29 is 9.59 Å². The van der Waals surface area contributed by atoms with Gasteiger partial charge in [0.15, 0.2) is 0 Å². The van der Waals surface area contributed by atoms with E-state index in [0.29, 0.717) is 38.2 Å². The highest BCUT2D eigenvalue weighted by Gasteiger charge is 2.32. The van der Waals surface area contributed by atoms with Crippen LogP contribution in [0.15, 0.2) is 42.6 Å². The van der Waals surface area contributed by atoms with E-state index >= 15 is 0 Å². The fraction of sp³-hybridized carbons (Fsp3) is 0.318. The number of nitrogens with one attached hydrogen (secondary N) is 1. The summed E-state index contributed by atoms with van der Waals surface area (Å²) in [5, 5.41) is 1.52. The maximum atomic E-state index is 13.3. The second-order valence-corrected chi connectivity index (χ2v) is 8.43. The lowest BCUT2D eigenvalue weighted by atomic mass is 10.00. The average molecular weight is 445 g/mol. The van der Waals surface area contributed by atoms with Crippen molar-refractivity contribution in [2.75, 3.05) is 26.2 Å². The van der Waals surface area contributed by atoms with Gasteiger partial charge in [0.1, 0.15) is 16.1 Å². The molecule has 1 aromatic carbocycles. The number of halogens is 2. The van der Waals surface area contributed by atoms with Gasteiger partial charge in [0.25, 0.3) is 5.91 Å². The third-order valence-corrected chi connectivity index (χ3v) is 5.80. The minimum Gasteiger partial charge on any atom is -0.361 e. The van der Waals surface area contributed by atoms with Crippen LogP contribution in [0.25, 0.3) is 10.9 Å². The van der Waals surface area contributed by atoms with Gasteiger partial charge in [0.05, 0.1) is 6.54 Å². The maximum Gasteiger partial charge on any atom is 0.254 e. The molecule has 0 spiro atoms. The van der Waals surface area contributed by atoms with Gasteiger partial charge in [-0.1, -0.05) is 41.4 Å². The fourth-order valence-corrected chi connectivity index (χ4v) is 4.59. The van der Waals surface area contributed by atoms with E-state index in [1.165, 1.54) is 0 Å². The molecule has 1 aliphatic rings. The summed E-state index contributed by atoms with van der Waals surface area (Å²) < 4.78 is 0. The first-order chi connectivity index (χ1) is 14.4. The molecule has 0 radical (unpaired) electrons. The number of hydrogen-bond donors (Lipinski definition) is 1. The number of aromatic amines is 1. The maximum absolute atomic E-state index is 13.3. The molecular weight excluding hydrogens is 423 g/mol. The summed E-state index contributed by atoms with van der Waals surface area (Å²) in [6.45, 7) is 3.77. The van der Waals surface area contributed by atoms with Crippen molar-refractivity contribution in [1.29, 1.82) is 0 Å². The first-order valence-corrected chi connectivity index (χ1v) is 10.6. The molecule has 6 nitrogen and oxygen atoms in total. The van der Waals surface area contributed by atoms with Gasteiger partial charge in [-0.15, -0.1) is 0 Å². The van der Waals surface area contributed by atoms with Crippen LogP contribution in [-0.4, -0.2) is 63.7 Å². The summed E-state index contributed by atoms with van der Waals surface area (Å²) in [7, 11) is 0. The minimum atomic E-state index is -0.131. The number of para-hydroxylation sites is 1. The Balaban J connectivity index is 1.63. The van der Waals surface area contributed by atoms with Gasteiger partial charge < -0.3 is 9.88 Å². The predicted molar refractivity (Wildman–Crippen MR) is 118 cm³/mol. The van der Waals surface area contributed by atoms with Gasteiger partial charge in [-0.05, 0) is 37.1 Å². The second-order valence-electron chi connectivity index (χ2n) is 7.65. The van der Waals surface area contributed by atoms with E-state index in [4.69, 9.17) is 23.2 Å². The highest BCUT2D eigenvalue weighted by Crippen LogP contribution is 2.24. The van der Waals surface area contributed by atoms with Crippen molar-refractivity contribution in [3.8, 4) is 0 Å². The normalized spacial score (nSPS) is 17.4. The van der Waals surface area contributed by atoms with Crippen molar-refractivity contribution in [2.24, 2.45) is 0 Å². The van der Waals surface area contributed by atoms with E-state index in [-0.39, 0.29) is 28.0 Å². The molecule has 0 aliphatic carbocycles. The quantitative estimate of drug-likeness (QED) is 0.607. The Labute approximate surface area is 184 Å². The number of Topliss-reactive ketones (excluding diaryl/α,β-unsaturated/α-hetero) is 1. The zero-order valence-corrected chi connectivity index (χ0v) is 18.1. The number of pyridine rings is 1. The molecule has 0 unspecified atom stereocenters. The Kier molecular flexibility index (Phi) is 6.09. The highest BCUT2D eigenvalue weighted by molar-refractivity contribution is 6.33. The van der Waals surface area contributed by atoms with E-state index in [1.54, 1.807) is 19.1 Å². The molecule has 30 heavy (non-hydrogen) atoms. The van der Waals surface area contributed by atoms with Gasteiger partial charge in [-0.3, -0.25) is 14.5 Å². The summed E-state index contributed by atoms with van der Waals surface area (Å²) in [4.78, 5) is 36.2. The number of rotatable bonds is 5. The van der Waals surface area contributed by atoms with E-state index in [0.717, 1.165) is 16.5 Å². The molecule has 3 aromatic rings. The number of carbonyl (C=O) groups excluding carboxylic acids is 2. The standard InChI is InChI=1S/C22H22Cl2N4O2/c1-14(29)12-27-6-7-28(22(30)15-9-20(23)26-21(24)10-15)17(13-27)8-16-11-25-19-5-3-2-4-18(16)19/h2-5,9-11,17,25H,6-8,12-13H2,1H3/t17-/m1/s1. The van der Waals surface area contributed by atoms with Crippen molar-refractivity contribution >= 4 is 45.8 Å². The molecule has 3 heterocycles. The van der Waals surface area contributed by atoms with E-state index < -0.39 is 0 Å². The number of hydrogen-bond acceptors (Lipinski definition) is 4. The van der Waals surface area contributed by atoms with E-state index in [1.807, 2.05) is 29.3 Å². The number of aromatic nitrogens is 2. The topological polar surface area (TPSA) is 69.3 Å². The summed E-state index contributed by atoms with van der Waals surface area (Å²) in [5.74, 6) is -0.0122. The Morgan fingerprint density at radius 1 is 1.17 bits per heavy atom. The smallest absolute Gasteiger partial charge is 0.254 e. The number of carbonyl (C=O) groups is 2. The van der Waals surface area contributed by atoms with Crippen LogP contribution in [0.3, 0.4) is 0 Å².